The van der Waals surface area contributed by atoms with Crippen LogP contribution in [0.5, 0.6) is 0 Å². The lowest BCUT2D eigenvalue weighted by atomic mass is 10.3. The van der Waals surface area contributed by atoms with E-state index in [0.29, 0.717) is 4.75 Å². The van der Waals surface area contributed by atoms with Crippen molar-refractivity contribution in [3.05, 3.63) is 0 Å². The maximum Gasteiger partial charge on any atom is 0.0859 e. The van der Waals surface area contributed by atoms with Gasteiger partial charge < -0.3 is 4.90 Å². The van der Waals surface area contributed by atoms with Crippen LogP contribution in [0.3, 0.4) is 0 Å². The van der Waals surface area contributed by atoms with E-state index in [1.807, 2.05) is 11.8 Å². The van der Waals surface area contributed by atoms with Gasteiger partial charge in [0.2, 0.25) is 0 Å². The summed E-state index contributed by atoms with van der Waals surface area (Å²) < 4.78 is 0.440. The molecule has 0 aromatic rings. The molecule has 0 unspecified atom stereocenters. The van der Waals surface area contributed by atoms with Crippen LogP contribution in [-0.2, 0) is 0 Å². The van der Waals surface area contributed by atoms with Gasteiger partial charge in [-0.3, -0.25) is 0 Å². The van der Waals surface area contributed by atoms with Crippen LogP contribution in [0.25, 0.3) is 0 Å². The molecule has 0 aliphatic rings. The number of nitrogens with one attached hydrogen (secondary N) is 1. The van der Waals surface area contributed by atoms with Crippen LogP contribution in [0.2, 0.25) is 0 Å². The Morgan fingerprint density at radius 3 is 2.00 bits per heavy atom. The van der Waals surface area contributed by atoms with Crippen molar-refractivity contribution < 1.29 is 4.90 Å². The highest BCUT2D eigenvalue weighted by atomic mass is 32.2. The number of thioether (sulfide) groups is 1. The quantitative estimate of drug-likeness (QED) is 0.639. The molecule has 0 bridgehead atoms. The fourth-order valence-corrected chi connectivity index (χ4v) is 1.68. The smallest absolute Gasteiger partial charge is 0.0859 e. The zero-order valence-electron chi connectivity index (χ0n) is 7.82. The lowest BCUT2D eigenvalue weighted by molar-refractivity contribution is -0.855. The van der Waals surface area contributed by atoms with Gasteiger partial charge in [-0.1, -0.05) is 20.8 Å². The van der Waals surface area contributed by atoms with Gasteiger partial charge in [0.05, 0.1) is 20.6 Å². The zero-order chi connectivity index (χ0) is 8.20. The highest BCUT2D eigenvalue weighted by molar-refractivity contribution is 8.00. The third-order valence-corrected chi connectivity index (χ3v) is 2.41. The van der Waals surface area contributed by atoms with Crippen LogP contribution in [0, 0.1) is 0 Å². The van der Waals surface area contributed by atoms with Gasteiger partial charge >= 0.3 is 0 Å². The molecule has 0 saturated carbocycles. The Bertz CT molecular complexity index is 83.7. The highest BCUT2D eigenvalue weighted by Crippen LogP contribution is 2.21. The first kappa shape index (κ1) is 10.3. The van der Waals surface area contributed by atoms with E-state index in [4.69, 9.17) is 0 Å². The van der Waals surface area contributed by atoms with Gasteiger partial charge in [-0.05, 0) is 0 Å². The summed E-state index contributed by atoms with van der Waals surface area (Å²) in [7, 11) is 4.40. The van der Waals surface area contributed by atoms with Gasteiger partial charge in [0.1, 0.15) is 0 Å². The summed E-state index contributed by atoms with van der Waals surface area (Å²) in [6.07, 6.45) is 0. The SMILES string of the molecule is C[NH+](C)CCSC(C)(C)C. The second-order valence-corrected chi connectivity index (χ2v) is 5.84. The Balaban J connectivity index is 3.21. The van der Waals surface area contributed by atoms with Crippen molar-refractivity contribution in [2.24, 2.45) is 0 Å². The molecule has 2 heteroatoms. The van der Waals surface area contributed by atoms with Gasteiger partial charge in [0.15, 0.2) is 0 Å². The van der Waals surface area contributed by atoms with Gasteiger partial charge in [-0.15, -0.1) is 0 Å². The molecule has 0 spiro atoms. The average Bonchev–Trinajstić information content (AvgIpc) is 1.59. The van der Waals surface area contributed by atoms with Crippen molar-refractivity contribution in [2.45, 2.75) is 25.5 Å². The van der Waals surface area contributed by atoms with Gasteiger partial charge in [0, 0.05) is 10.5 Å². The van der Waals surface area contributed by atoms with Crippen molar-refractivity contribution >= 4 is 11.8 Å². The average molecular weight is 162 g/mol. The normalized spacial score (nSPS) is 12.6. The standard InChI is InChI=1S/C8H19NS/c1-8(2,3)10-7-6-9(4)5/h6-7H2,1-5H3/p+1. The molecule has 1 N–H and O–H groups in total. The molecular formula is C8H20NS+. The van der Waals surface area contributed by atoms with E-state index in [1.165, 1.54) is 17.2 Å². The molecule has 0 rings (SSSR count). The summed E-state index contributed by atoms with van der Waals surface area (Å²) in [6, 6.07) is 0. The molecule has 0 aromatic carbocycles. The third-order valence-electron chi connectivity index (χ3n) is 1.14. The number of quaternary nitrogens is 1. The fourth-order valence-electron chi connectivity index (χ4n) is 0.561. The number of hydrogen-bond donors (Lipinski definition) is 1. The fraction of sp³-hybridized carbons (Fsp3) is 1.00. The van der Waals surface area contributed by atoms with Crippen LogP contribution >= 0.6 is 11.8 Å². The minimum atomic E-state index is 0.440. The summed E-state index contributed by atoms with van der Waals surface area (Å²) in [4.78, 5) is 1.54. The molecule has 0 amide bonds. The predicted molar refractivity (Wildman–Crippen MR) is 49.9 cm³/mol. The maximum absolute atomic E-state index is 2.27. The van der Waals surface area contributed by atoms with Crippen molar-refractivity contribution in [2.75, 3.05) is 26.4 Å². The van der Waals surface area contributed by atoms with Crippen LogP contribution < -0.4 is 4.90 Å². The molecule has 1 nitrogen and oxygen atoms in total. The first-order valence-corrected chi connectivity index (χ1v) is 4.83. The van der Waals surface area contributed by atoms with E-state index in [9.17, 15) is 0 Å². The van der Waals surface area contributed by atoms with E-state index in [-0.39, 0.29) is 0 Å². The van der Waals surface area contributed by atoms with E-state index in [0.717, 1.165) is 0 Å². The maximum atomic E-state index is 2.27. The van der Waals surface area contributed by atoms with Gasteiger partial charge in [0.25, 0.3) is 0 Å². The van der Waals surface area contributed by atoms with E-state index in [1.54, 1.807) is 0 Å². The molecule has 0 heterocycles. The van der Waals surface area contributed by atoms with Crippen molar-refractivity contribution in [1.82, 2.24) is 0 Å². The zero-order valence-corrected chi connectivity index (χ0v) is 8.64. The Hall–Kier alpha value is 0.310. The summed E-state index contributed by atoms with van der Waals surface area (Å²) >= 11 is 2.04. The minimum Gasteiger partial charge on any atom is -0.339 e. The summed E-state index contributed by atoms with van der Waals surface area (Å²) in [5.41, 5.74) is 0. The first-order valence-electron chi connectivity index (χ1n) is 3.85. The minimum absolute atomic E-state index is 0.440. The third kappa shape index (κ3) is 8.31. The lowest BCUT2D eigenvalue weighted by Crippen LogP contribution is -3.06. The Kier molecular flexibility index (Phi) is 4.37. The molecule has 62 valence electrons. The molecule has 0 aromatic heterocycles. The van der Waals surface area contributed by atoms with Crippen LogP contribution in [0.4, 0.5) is 0 Å². The van der Waals surface area contributed by atoms with Crippen molar-refractivity contribution in [1.29, 1.82) is 0 Å². The Morgan fingerprint density at radius 2 is 1.70 bits per heavy atom. The second kappa shape index (κ2) is 4.24. The second-order valence-electron chi connectivity index (χ2n) is 3.92. The monoisotopic (exact) mass is 162 g/mol. The summed E-state index contributed by atoms with van der Waals surface area (Å²) in [6.45, 7) is 8.07. The molecule has 0 aliphatic heterocycles. The van der Waals surface area contributed by atoms with Crippen molar-refractivity contribution in [3.8, 4) is 0 Å². The van der Waals surface area contributed by atoms with E-state index >= 15 is 0 Å². The Labute approximate surface area is 69.2 Å². The largest absolute Gasteiger partial charge is 0.339 e. The number of rotatable bonds is 3. The molecule has 10 heavy (non-hydrogen) atoms. The van der Waals surface area contributed by atoms with Crippen LogP contribution in [-0.4, -0.2) is 31.1 Å². The molecule has 0 radical (unpaired) electrons. The molecule has 0 fully saturated rings. The van der Waals surface area contributed by atoms with Crippen molar-refractivity contribution in [3.63, 3.8) is 0 Å². The lowest BCUT2D eigenvalue weighted by Gasteiger charge is -2.17. The van der Waals surface area contributed by atoms with E-state index in [2.05, 4.69) is 34.9 Å². The predicted octanol–water partition coefficient (Wildman–Crippen LogP) is 0.663. The first-order chi connectivity index (χ1) is 4.42. The Morgan fingerprint density at radius 1 is 1.20 bits per heavy atom. The molecule has 0 saturated heterocycles. The molecule has 0 aliphatic carbocycles. The van der Waals surface area contributed by atoms with Crippen LogP contribution in [0.1, 0.15) is 20.8 Å². The highest BCUT2D eigenvalue weighted by Gasteiger charge is 2.10. The topological polar surface area (TPSA) is 4.44 Å². The van der Waals surface area contributed by atoms with Crippen LogP contribution in [0.15, 0.2) is 0 Å². The van der Waals surface area contributed by atoms with Gasteiger partial charge in [-0.2, -0.15) is 11.8 Å². The van der Waals surface area contributed by atoms with E-state index < -0.39 is 0 Å². The number of hydrogen-bond acceptors (Lipinski definition) is 1. The van der Waals surface area contributed by atoms with Gasteiger partial charge in [-0.25, -0.2) is 0 Å². The summed E-state index contributed by atoms with van der Waals surface area (Å²) in [5.74, 6) is 1.27. The molecular weight excluding hydrogens is 142 g/mol. The molecule has 0 atom stereocenters. The summed E-state index contributed by atoms with van der Waals surface area (Å²) in [5, 5.41) is 0.